The van der Waals surface area contributed by atoms with Crippen LogP contribution in [0.1, 0.15) is 45.3 Å². The number of halogens is 1. The van der Waals surface area contributed by atoms with Crippen LogP contribution in [0.5, 0.6) is 0 Å². The molecule has 1 fully saturated rings. The van der Waals surface area contributed by atoms with Crippen molar-refractivity contribution in [3.05, 3.63) is 28.2 Å². The Morgan fingerprint density at radius 1 is 1.33 bits per heavy atom. The minimum Gasteiger partial charge on any atom is -0.389 e. The molecule has 1 aliphatic heterocycles. The summed E-state index contributed by atoms with van der Waals surface area (Å²) in [5.41, 5.74) is 2.22. The lowest BCUT2D eigenvalue weighted by Crippen LogP contribution is -2.33. The third-order valence-electron chi connectivity index (χ3n) is 3.83. The Labute approximate surface area is 118 Å². The summed E-state index contributed by atoms with van der Waals surface area (Å²) < 4.78 is 1.09. The van der Waals surface area contributed by atoms with E-state index in [0.717, 1.165) is 16.6 Å². The maximum Gasteiger partial charge on any atom is 0.0762 e. The highest BCUT2D eigenvalue weighted by Gasteiger charge is 2.28. The topological polar surface area (TPSA) is 23.5 Å². The summed E-state index contributed by atoms with van der Waals surface area (Å²) in [5.74, 6) is 0.677. The van der Waals surface area contributed by atoms with E-state index in [4.69, 9.17) is 0 Å². The number of rotatable bonds is 3. The highest BCUT2D eigenvalue weighted by molar-refractivity contribution is 9.10. The highest BCUT2D eigenvalue weighted by Crippen LogP contribution is 2.35. The zero-order valence-electron chi connectivity index (χ0n) is 11.4. The quantitative estimate of drug-likeness (QED) is 0.907. The summed E-state index contributed by atoms with van der Waals surface area (Å²) in [7, 11) is 0. The molecule has 1 heterocycles. The molecule has 1 N–H and O–H groups in total. The smallest absolute Gasteiger partial charge is 0.0762 e. The van der Waals surface area contributed by atoms with Crippen LogP contribution >= 0.6 is 15.9 Å². The van der Waals surface area contributed by atoms with Crippen molar-refractivity contribution >= 4 is 21.6 Å². The SMILES string of the molecule is CC(C)C1CCCN1c1ccc([C@H](C)O)cc1Br. The van der Waals surface area contributed by atoms with Crippen LogP contribution in [0.3, 0.4) is 0 Å². The van der Waals surface area contributed by atoms with Gasteiger partial charge in [-0.1, -0.05) is 19.9 Å². The van der Waals surface area contributed by atoms with Crippen molar-refractivity contribution in [3.63, 3.8) is 0 Å². The number of nitrogens with zero attached hydrogens (tertiary/aromatic N) is 1. The van der Waals surface area contributed by atoms with E-state index in [1.165, 1.54) is 18.5 Å². The van der Waals surface area contributed by atoms with E-state index in [1.807, 2.05) is 12.1 Å². The molecule has 0 bridgehead atoms. The average Bonchev–Trinajstić information content (AvgIpc) is 2.77. The minimum atomic E-state index is -0.408. The van der Waals surface area contributed by atoms with Gasteiger partial charge >= 0.3 is 0 Å². The fourth-order valence-electron chi connectivity index (χ4n) is 2.80. The van der Waals surface area contributed by atoms with Crippen LogP contribution in [0.2, 0.25) is 0 Å². The summed E-state index contributed by atoms with van der Waals surface area (Å²) in [6.45, 7) is 7.52. The normalized spacial score (nSPS) is 21.7. The molecule has 2 atom stereocenters. The van der Waals surface area contributed by atoms with Gasteiger partial charge in [-0.05, 0) is 59.3 Å². The molecular formula is C15H22BrNO. The summed E-state index contributed by atoms with van der Waals surface area (Å²) >= 11 is 3.65. The lowest BCUT2D eigenvalue weighted by Gasteiger charge is -2.30. The first-order valence-corrected chi connectivity index (χ1v) is 7.54. The molecule has 100 valence electrons. The first-order chi connectivity index (χ1) is 8.50. The zero-order valence-corrected chi connectivity index (χ0v) is 12.9. The van der Waals surface area contributed by atoms with Crippen LogP contribution in [-0.2, 0) is 0 Å². The molecule has 2 nitrogen and oxygen atoms in total. The molecule has 0 radical (unpaired) electrons. The zero-order chi connectivity index (χ0) is 13.3. The van der Waals surface area contributed by atoms with E-state index in [-0.39, 0.29) is 0 Å². The molecular weight excluding hydrogens is 290 g/mol. The molecule has 0 saturated carbocycles. The van der Waals surface area contributed by atoms with E-state index < -0.39 is 6.10 Å². The molecule has 1 aromatic carbocycles. The lowest BCUT2D eigenvalue weighted by molar-refractivity contribution is 0.199. The van der Waals surface area contributed by atoms with E-state index >= 15 is 0 Å². The largest absolute Gasteiger partial charge is 0.389 e. The lowest BCUT2D eigenvalue weighted by atomic mass is 10.0. The minimum absolute atomic E-state index is 0.408. The number of hydrogen-bond acceptors (Lipinski definition) is 2. The van der Waals surface area contributed by atoms with Crippen molar-refractivity contribution in [1.82, 2.24) is 0 Å². The highest BCUT2D eigenvalue weighted by atomic mass is 79.9. The maximum absolute atomic E-state index is 9.61. The van der Waals surface area contributed by atoms with Crippen molar-refractivity contribution in [3.8, 4) is 0 Å². The van der Waals surface area contributed by atoms with Crippen LogP contribution in [0, 0.1) is 5.92 Å². The van der Waals surface area contributed by atoms with Crippen molar-refractivity contribution in [2.45, 2.75) is 45.8 Å². The van der Waals surface area contributed by atoms with Crippen molar-refractivity contribution in [2.24, 2.45) is 5.92 Å². The molecule has 0 aliphatic carbocycles. The molecule has 0 aromatic heterocycles. The predicted octanol–water partition coefficient (Wildman–Crippen LogP) is 4.13. The van der Waals surface area contributed by atoms with Gasteiger partial charge in [-0.25, -0.2) is 0 Å². The van der Waals surface area contributed by atoms with Crippen molar-refractivity contribution in [1.29, 1.82) is 0 Å². The van der Waals surface area contributed by atoms with Crippen LogP contribution in [0.15, 0.2) is 22.7 Å². The number of aliphatic hydroxyl groups is 1. The van der Waals surface area contributed by atoms with Gasteiger partial charge in [-0.2, -0.15) is 0 Å². The predicted molar refractivity (Wildman–Crippen MR) is 80.0 cm³/mol. The van der Waals surface area contributed by atoms with Gasteiger partial charge in [-0.3, -0.25) is 0 Å². The number of benzene rings is 1. The second kappa shape index (κ2) is 5.62. The first-order valence-electron chi connectivity index (χ1n) is 6.75. The Morgan fingerprint density at radius 3 is 2.61 bits per heavy atom. The Morgan fingerprint density at radius 2 is 2.06 bits per heavy atom. The van der Waals surface area contributed by atoms with Crippen LogP contribution in [0.4, 0.5) is 5.69 Å². The molecule has 18 heavy (non-hydrogen) atoms. The monoisotopic (exact) mass is 311 g/mol. The summed E-state index contributed by atoms with van der Waals surface area (Å²) in [6, 6.07) is 6.84. The first kappa shape index (κ1) is 13.9. The molecule has 0 amide bonds. The Kier molecular flexibility index (Phi) is 4.33. The fraction of sp³-hybridized carbons (Fsp3) is 0.600. The average molecular weight is 312 g/mol. The maximum atomic E-state index is 9.61. The number of aliphatic hydroxyl groups excluding tert-OH is 1. The van der Waals surface area contributed by atoms with Crippen molar-refractivity contribution in [2.75, 3.05) is 11.4 Å². The molecule has 1 unspecified atom stereocenters. The van der Waals surface area contributed by atoms with Gasteiger partial charge in [0.15, 0.2) is 0 Å². The van der Waals surface area contributed by atoms with Gasteiger partial charge in [0.1, 0.15) is 0 Å². The second-order valence-electron chi connectivity index (χ2n) is 5.53. The Hall–Kier alpha value is -0.540. The van der Waals surface area contributed by atoms with Crippen LogP contribution in [-0.4, -0.2) is 17.7 Å². The van der Waals surface area contributed by atoms with Gasteiger partial charge in [0, 0.05) is 17.1 Å². The molecule has 0 spiro atoms. The van der Waals surface area contributed by atoms with Gasteiger partial charge < -0.3 is 10.0 Å². The number of anilines is 1. The van der Waals surface area contributed by atoms with Gasteiger partial charge in [0.2, 0.25) is 0 Å². The van der Waals surface area contributed by atoms with E-state index in [2.05, 4.69) is 40.7 Å². The second-order valence-corrected chi connectivity index (χ2v) is 6.39. The van der Waals surface area contributed by atoms with Gasteiger partial charge in [-0.15, -0.1) is 0 Å². The summed E-state index contributed by atoms with van der Waals surface area (Å²) in [5, 5.41) is 9.61. The molecule has 3 heteroatoms. The van der Waals surface area contributed by atoms with Crippen LogP contribution in [0.25, 0.3) is 0 Å². The Balaban J connectivity index is 2.28. The molecule has 1 saturated heterocycles. The third kappa shape index (κ3) is 2.72. The molecule has 1 aliphatic rings. The van der Waals surface area contributed by atoms with Gasteiger partial charge in [0.05, 0.1) is 11.8 Å². The standard InChI is InChI=1S/C15H22BrNO/c1-10(2)14-5-4-8-17(14)15-7-6-12(11(3)18)9-13(15)16/h6-7,9-11,14,18H,4-5,8H2,1-3H3/t11-,14?/m0/s1. The van der Waals surface area contributed by atoms with E-state index in [0.29, 0.717) is 12.0 Å². The van der Waals surface area contributed by atoms with Gasteiger partial charge in [0.25, 0.3) is 0 Å². The summed E-state index contributed by atoms with van der Waals surface area (Å²) in [6.07, 6.45) is 2.14. The van der Waals surface area contributed by atoms with Crippen molar-refractivity contribution < 1.29 is 5.11 Å². The van der Waals surface area contributed by atoms with Crippen LogP contribution < -0.4 is 4.90 Å². The van der Waals surface area contributed by atoms with E-state index in [1.54, 1.807) is 6.92 Å². The summed E-state index contributed by atoms with van der Waals surface area (Å²) in [4.78, 5) is 2.50. The Bertz CT molecular complexity index is 417. The molecule has 2 rings (SSSR count). The third-order valence-corrected chi connectivity index (χ3v) is 4.47. The number of hydrogen-bond donors (Lipinski definition) is 1. The fourth-order valence-corrected chi connectivity index (χ4v) is 3.42. The molecule has 1 aromatic rings. The van der Waals surface area contributed by atoms with E-state index in [9.17, 15) is 5.11 Å².